The highest BCUT2D eigenvalue weighted by molar-refractivity contribution is 5.94. The Kier molecular flexibility index (Phi) is 4.39. The number of halogens is 2. The number of carbonyl (C=O) groups excluding carboxylic acids is 1. The van der Waals surface area contributed by atoms with Crippen molar-refractivity contribution in [3.05, 3.63) is 71.3 Å². The molecule has 1 aliphatic heterocycles. The van der Waals surface area contributed by atoms with Gasteiger partial charge in [0.25, 0.3) is 5.91 Å². The molecule has 5 heteroatoms. The van der Waals surface area contributed by atoms with Crippen molar-refractivity contribution >= 4 is 5.91 Å². The van der Waals surface area contributed by atoms with E-state index >= 15 is 0 Å². The second-order valence-corrected chi connectivity index (χ2v) is 5.79. The Morgan fingerprint density at radius 3 is 2.48 bits per heavy atom. The Bertz CT molecular complexity index is 705. The number of rotatable bonds is 2. The van der Waals surface area contributed by atoms with Crippen LogP contribution in [0.3, 0.4) is 0 Å². The van der Waals surface area contributed by atoms with E-state index in [1.165, 1.54) is 6.07 Å². The smallest absolute Gasteiger partial charge is 0.254 e. The quantitative estimate of drug-likeness (QED) is 0.850. The third-order valence-electron chi connectivity index (χ3n) is 4.29. The maximum absolute atomic E-state index is 13.4. The van der Waals surface area contributed by atoms with Crippen LogP contribution in [0.5, 0.6) is 0 Å². The van der Waals surface area contributed by atoms with Gasteiger partial charge in [0, 0.05) is 25.2 Å². The normalized spacial score (nSPS) is 18.9. The molecule has 23 heavy (non-hydrogen) atoms. The molecule has 0 aliphatic carbocycles. The highest BCUT2D eigenvalue weighted by Gasteiger charge is 2.29. The minimum absolute atomic E-state index is 0.0965. The molecule has 120 valence electrons. The number of piperazine rings is 1. The number of amides is 1. The van der Waals surface area contributed by atoms with Crippen LogP contribution in [-0.2, 0) is 0 Å². The molecule has 1 saturated heterocycles. The zero-order valence-corrected chi connectivity index (χ0v) is 12.9. The summed E-state index contributed by atoms with van der Waals surface area (Å²) in [5, 5.41) is 0. The van der Waals surface area contributed by atoms with Crippen LogP contribution in [-0.4, -0.2) is 42.4 Å². The Morgan fingerprint density at radius 2 is 1.78 bits per heavy atom. The molecular formula is C18H18F2N2O. The van der Waals surface area contributed by atoms with Crippen molar-refractivity contribution in [1.29, 1.82) is 0 Å². The van der Waals surface area contributed by atoms with Gasteiger partial charge in [0.2, 0.25) is 0 Å². The molecule has 0 bridgehead atoms. The lowest BCUT2D eigenvalue weighted by atomic mass is 10.0. The average Bonchev–Trinajstić information content (AvgIpc) is 2.58. The van der Waals surface area contributed by atoms with Gasteiger partial charge < -0.3 is 4.90 Å². The number of benzene rings is 2. The number of carbonyl (C=O) groups is 1. The van der Waals surface area contributed by atoms with Crippen LogP contribution in [0.2, 0.25) is 0 Å². The summed E-state index contributed by atoms with van der Waals surface area (Å²) in [4.78, 5) is 16.5. The summed E-state index contributed by atoms with van der Waals surface area (Å²) in [6.07, 6.45) is 0. The molecule has 2 aromatic rings. The van der Waals surface area contributed by atoms with E-state index in [0.717, 1.165) is 24.2 Å². The summed E-state index contributed by atoms with van der Waals surface area (Å²) in [5.41, 5.74) is 1.32. The second-order valence-electron chi connectivity index (χ2n) is 5.79. The van der Waals surface area contributed by atoms with Crippen molar-refractivity contribution < 1.29 is 13.6 Å². The van der Waals surface area contributed by atoms with Crippen LogP contribution >= 0.6 is 0 Å². The fourth-order valence-corrected chi connectivity index (χ4v) is 2.90. The maximum Gasteiger partial charge on any atom is 0.254 e. The molecule has 3 nitrogen and oxygen atoms in total. The van der Waals surface area contributed by atoms with E-state index in [0.29, 0.717) is 13.1 Å². The molecule has 0 radical (unpaired) electrons. The third-order valence-corrected chi connectivity index (χ3v) is 4.29. The summed E-state index contributed by atoms with van der Waals surface area (Å²) < 4.78 is 26.4. The summed E-state index contributed by atoms with van der Waals surface area (Å²) in [5.74, 6) is -2.20. The molecule has 3 rings (SSSR count). The number of hydrogen-bond acceptors (Lipinski definition) is 2. The Hall–Kier alpha value is -2.27. The summed E-state index contributed by atoms with van der Waals surface area (Å²) >= 11 is 0. The molecule has 1 atom stereocenters. The first kappa shape index (κ1) is 15.6. The van der Waals surface area contributed by atoms with Gasteiger partial charge in [0.15, 0.2) is 11.6 Å². The fraction of sp³-hybridized carbons (Fsp3) is 0.278. The molecule has 1 unspecified atom stereocenters. The van der Waals surface area contributed by atoms with Gasteiger partial charge in [-0.1, -0.05) is 30.3 Å². The van der Waals surface area contributed by atoms with Crippen LogP contribution < -0.4 is 0 Å². The molecule has 0 aromatic heterocycles. The second kappa shape index (κ2) is 6.46. The highest BCUT2D eigenvalue weighted by atomic mass is 19.2. The molecule has 1 fully saturated rings. The van der Waals surface area contributed by atoms with E-state index in [4.69, 9.17) is 0 Å². The van der Waals surface area contributed by atoms with Gasteiger partial charge in [-0.05, 0) is 30.8 Å². The molecule has 1 aliphatic rings. The number of nitrogens with zero attached hydrogens (tertiary/aromatic N) is 2. The van der Waals surface area contributed by atoms with E-state index in [9.17, 15) is 13.6 Å². The van der Waals surface area contributed by atoms with Crippen molar-refractivity contribution in [1.82, 2.24) is 9.80 Å². The molecule has 1 amide bonds. The van der Waals surface area contributed by atoms with Crippen molar-refractivity contribution in [3.8, 4) is 0 Å². The van der Waals surface area contributed by atoms with Crippen molar-refractivity contribution in [2.75, 3.05) is 26.7 Å². The largest absolute Gasteiger partial charge is 0.335 e. The summed E-state index contributed by atoms with van der Waals surface area (Å²) in [7, 11) is 2.02. The van der Waals surface area contributed by atoms with Gasteiger partial charge in [-0.2, -0.15) is 0 Å². The lowest BCUT2D eigenvalue weighted by molar-refractivity contribution is 0.0545. The van der Waals surface area contributed by atoms with Gasteiger partial charge in [0.1, 0.15) is 0 Å². The Balaban J connectivity index is 1.80. The zero-order valence-electron chi connectivity index (χ0n) is 12.9. The molecule has 1 heterocycles. The lowest BCUT2D eigenvalue weighted by Crippen LogP contribution is -2.49. The van der Waals surface area contributed by atoms with E-state index in [1.807, 2.05) is 37.4 Å². The first-order valence-electron chi connectivity index (χ1n) is 7.56. The number of hydrogen-bond donors (Lipinski definition) is 0. The van der Waals surface area contributed by atoms with Gasteiger partial charge in [-0.25, -0.2) is 8.78 Å². The highest BCUT2D eigenvalue weighted by Crippen LogP contribution is 2.25. The standard InChI is InChI=1S/C18H18F2N2O/c1-21-9-10-22(12-17(21)13-5-3-2-4-6-13)18(23)14-7-8-15(19)16(20)11-14/h2-8,11,17H,9-10,12H2,1H3. The third kappa shape index (κ3) is 3.24. The molecular weight excluding hydrogens is 298 g/mol. The van der Waals surface area contributed by atoms with Gasteiger partial charge in [-0.15, -0.1) is 0 Å². The van der Waals surface area contributed by atoms with Gasteiger partial charge in [-0.3, -0.25) is 9.69 Å². The van der Waals surface area contributed by atoms with Crippen LogP contribution in [0, 0.1) is 11.6 Å². The molecule has 0 spiro atoms. The van der Waals surface area contributed by atoms with E-state index in [2.05, 4.69) is 4.90 Å². The van der Waals surface area contributed by atoms with Gasteiger partial charge >= 0.3 is 0 Å². The summed E-state index contributed by atoms with van der Waals surface area (Å²) in [6, 6.07) is 13.4. The minimum Gasteiger partial charge on any atom is -0.335 e. The summed E-state index contributed by atoms with van der Waals surface area (Å²) in [6.45, 7) is 1.82. The SMILES string of the molecule is CN1CCN(C(=O)c2ccc(F)c(F)c2)CC1c1ccccc1. The van der Waals surface area contributed by atoms with Crippen LogP contribution in [0.4, 0.5) is 8.78 Å². The van der Waals surface area contributed by atoms with E-state index in [-0.39, 0.29) is 17.5 Å². The monoisotopic (exact) mass is 316 g/mol. The molecule has 2 aromatic carbocycles. The first-order chi connectivity index (χ1) is 11.1. The topological polar surface area (TPSA) is 23.6 Å². The predicted molar refractivity (Wildman–Crippen MR) is 84.1 cm³/mol. The van der Waals surface area contributed by atoms with Crippen LogP contribution in [0.25, 0.3) is 0 Å². The predicted octanol–water partition coefficient (Wildman–Crippen LogP) is 3.09. The minimum atomic E-state index is -0.996. The van der Waals surface area contributed by atoms with Gasteiger partial charge in [0.05, 0.1) is 6.04 Å². The van der Waals surface area contributed by atoms with Crippen LogP contribution in [0.15, 0.2) is 48.5 Å². The van der Waals surface area contributed by atoms with Crippen molar-refractivity contribution in [3.63, 3.8) is 0 Å². The maximum atomic E-state index is 13.4. The zero-order chi connectivity index (χ0) is 16.4. The fourth-order valence-electron chi connectivity index (χ4n) is 2.90. The van der Waals surface area contributed by atoms with E-state index < -0.39 is 11.6 Å². The van der Waals surface area contributed by atoms with Crippen molar-refractivity contribution in [2.45, 2.75) is 6.04 Å². The lowest BCUT2D eigenvalue weighted by Gasteiger charge is -2.39. The average molecular weight is 316 g/mol. The Labute approximate surface area is 134 Å². The molecule has 0 saturated carbocycles. The molecule has 0 N–H and O–H groups in total. The van der Waals surface area contributed by atoms with Crippen molar-refractivity contribution in [2.24, 2.45) is 0 Å². The Morgan fingerprint density at radius 1 is 1.04 bits per heavy atom. The van der Waals surface area contributed by atoms with Crippen LogP contribution in [0.1, 0.15) is 22.0 Å². The number of likely N-dealkylation sites (N-methyl/N-ethyl adjacent to an activating group) is 1. The first-order valence-corrected chi connectivity index (χ1v) is 7.56. The van der Waals surface area contributed by atoms with E-state index in [1.54, 1.807) is 4.90 Å².